The van der Waals surface area contributed by atoms with Gasteiger partial charge in [0.15, 0.2) is 11.5 Å². The van der Waals surface area contributed by atoms with Gasteiger partial charge in [0, 0.05) is 54.7 Å². The third-order valence-corrected chi connectivity index (χ3v) is 9.78. The van der Waals surface area contributed by atoms with Gasteiger partial charge in [-0.3, -0.25) is 4.68 Å². The molecule has 0 radical (unpaired) electrons. The maximum atomic E-state index is 13.5. The second kappa shape index (κ2) is 7.28. The number of carbonyl (C=O) groups excluding carboxylic acids is 1. The topological polar surface area (TPSA) is 72.1 Å². The van der Waals surface area contributed by atoms with Crippen LogP contribution in [0.2, 0.25) is 0 Å². The zero-order chi connectivity index (χ0) is 25.2. The molecule has 4 heterocycles. The molecule has 37 heavy (non-hydrogen) atoms. The first kappa shape index (κ1) is 22.4. The molecule has 0 atom stereocenters. The molecular weight excluding hydrogens is 483 g/mol. The highest BCUT2D eigenvalue weighted by atomic mass is 19.4. The standard InChI is InChI=1S/C26H32F3N7O/c27-26(28,29)21-18(10-35(31-21)19-3-4-19)5-16-6-24(7-16)11-33(12-24)23(37)34-13-25(14-34)8-20(9-25)36-15-30-22(32-36)17-1-2-17/h10,15-17,19-20H,1-9,11-14H2. The van der Waals surface area contributed by atoms with E-state index in [2.05, 4.69) is 15.2 Å². The van der Waals surface area contributed by atoms with Crippen molar-refractivity contribution in [3.05, 3.63) is 29.6 Å². The quantitative estimate of drug-likeness (QED) is 0.591. The third kappa shape index (κ3) is 3.70. The van der Waals surface area contributed by atoms with Crippen LogP contribution in [0.1, 0.15) is 86.4 Å². The Morgan fingerprint density at radius 2 is 1.54 bits per heavy atom. The average molecular weight is 516 g/mol. The molecule has 4 saturated carbocycles. The first-order valence-corrected chi connectivity index (χ1v) is 13.8. The number of hydrogen-bond donors (Lipinski definition) is 0. The van der Waals surface area contributed by atoms with E-state index < -0.39 is 11.9 Å². The number of amides is 2. The molecule has 4 aliphatic carbocycles. The summed E-state index contributed by atoms with van der Waals surface area (Å²) in [5, 5.41) is 8.55. The third-order valence-electron chi connectivity index (χ3n) is 9.78. The fourth-order valence-electron chi connectivity index (χ4n) is 7.60. The molecule has 2 aliphatic heterocycles. The molecule has 8 nitrogen and oxygen atoms in total. The van der Waals surface area contributed by atoms with Crippen LogP contribution in [-0.2, 0) is 12.6 Å². The second-order valence-electron chi connectivity index (χ2n) is 13.1. The van der Waals surface area contributed by atoms with E-state index in [1.54, 1.807) is 6.20 Å². The highest BCUT2D eigenvalue weighted by Gasteiger charge is 2.59. The van der Waals surface area contributed by atoms with E-state index in [1.165, 1.54) is 17.5 Å². The van der Waals surface area contributed by atoms with Crippen molar-refractivity contribution in [3.8, 4) is 0 Å². The van der Waals surface area contributed by atoms with Crippen LogP contribution in [0, 0.1) is 16.7 Å². The summed E-state index contributed by atoms with van der Waals surface area (Å²) >= 11 is 0. The number of aromatic nitrogens is 5. The van der Waals surface area contributed by atoms with Gasteiger partial charge in [-0.1, -0.05) is 0 Å². The van der Waals surface area contributed by atoms with Crippen LogP contribution in [0.3, 0.4) is 0 Å². The highest BCUT2D eigenvalue weighted by molar-refractivity contribution is 5.77. The summed E-state index contributed by atoms with van der Waals surface area (Å²) in [6, 6.07) is 0.679. The van der Waals surface area contributed by atoms with Crippen molar-refractivity contribution in [1.82, 2.24) is 34.3 Å². The van der Waals surface area contributed by atoms with Crippen molar-refractivity contribution >= 4 is 6.03 Å². The number of nitrogens with zero attached hydrogens (tertiary/aromatic N) is 7. The van der Waals surface area contributed by atoms with Gasteiger partial charge >= 0.3 is 12.2 Å². The largest absolute Gasteiger partial charge is 0.435 e. The molecule has 2 aromatic heterocycles. The Morgan fingerprint density at radius 1 is 0.892 bits per heavy atom. The van der Waals surface area contributed by atoms with Gasteiger partial charge in [-0.15, -0.1) is 0 Å². The van der Waals surface area contributed by atoms with E-state index in [0.29, 0.717) is 23.9 Å². The Kier molecular flexibility index (Phi) is 4.41. The Hall–Kier alpha value is -2.59. The predicted octanol–water partition coefficient (Wildman–Crippen LogP) is 4.42. The number of carbonyl (C=O) groups is 1. The maximum Gasteiger partial charge on any atom is 0.435 e. The molecule has 11 heteroatoms. The molecule has 6 aliphatic rings. The summed E-state index contributed by atoms with van der Waals surface area (Å²) < 4.78 is 44.0. The number of hydrogen-bond acceptors (Lipinski definition) is 4. The van der Waals surface area contributed by atoms with Crippen molar-refractivity contribution in [2.24, 2.45) is 16.7 Å². The molecule has 198 valence electrons. The molecule has 0 unspecified atom stereocenters. The number of likely N-dealkylation sites (tertiary alicyclic amines) is 2. The van der Waals surface area contributed by atoms with Gasteiger partial charge in [-0.25, -0.2) is 14.5 Å². The van der Waals surface area contributed by atoms with Crippen LogP contribution in [0.4, 0.5) is 18.0 Å². The molecule has 6 fully saturated rings. The Bertz CT molecular complexity index is 1230. The zero-order valence-corrected chi connectivity index (χ0v) is 20.8. The van der Waals surface area contributed by atoms with Crippen molar-refractivity contribution < 1.29 is 18.0 Å². The molecule has 0 bridgehead atoms. The van der Waals surface area contributed by atoms with Crippen LogP contribution in [0.15, 0.2) is 12.5 Å². The van der Waals surface area contributed by atoms with Gasteiger partial charge in [0.1, 0.15) is 6.33 Å². The zero-order valence-electron chi connectivity index (χ0n) is 20.8. The van der Waals surface area contributed by atoms with E-state index in [4.69, 9.17) is 0 Å². The number of alkyl halides is 3. The van der Waals surface area contributed by atoms with E-state index in [0.717, 1.165) is 70.5 Å². The summed E-state index contributed by atoms with van der Waals surface area (Å²) in [5.41, 5.74) is -0.00688. The SMILES string of the molecule is O=C(N1CC2(CC(Cc3cn(C4CC4)nc3C(F)(F)F)C2)C1)N1CC2(CC(n3cnc(C4CC4)n3)C2)C1. The monoisotopic (exact) mass is 515 g/mol. The normalized spacial score (nSPS) is 26.7. The molecule has 2 aromatic rings. The van der Waals surface area contributed by atoms with E-state index in [1.807, 2.05) is 20.8 Å². The molecule has 2 spiro atoms. The van der Waals surface area contributed by atoms with Crippen LogP contribution in [0.5, 0.6) is 0 Å². The molecule has 2 amide bonds. The van der Waals surface area contributed by atoms with E-state index in [-0.39, 0.29) is 28.8 Å². The Labute approximate surface area is 213 Å². The average Bonchev–Trinajstić information content (AvgIpc) is 3.67. The van der Waals surface area contributed by atoms with Crippen LogP contribution in [0.25, 0.3) is 0 Å². The van der Waals surface area contributed by atoms with E-state index in [9.17, 15) is 18.0 Å². The fourth-order valence-corrected chi connectivity index (χ4v) is 7.60. The predicted molar refractivity (Wildman–Crippen MR) is 126 cm³/mol. The lowest BCUT2D eigenvalue weighted by molar-refractivity contribution is -0.142. The minimum absolute atomic E-state index is 0.113. The van der Waals surface area contributed by atoms with Crippen LogP contribution in [-0.4, -0.2) is 66.6 Å². The number of rotatable bonds is 5. The Morgan fingerprint density at radius 3 is 2.14 bits per heavy atom. The number of urea groups is 1. The van der Waals surface area contributed by atoms with Gasteiger partial charge < -0.3 is 9.80 Å². The fraction of sp³-hybridized carbons (Fsp3) is 0.769. The van der Waals surface area contributed by atoms with E-state index >= 15 is 0 Å². The minimum Gasteiger partial charge on any atom is -0.323 e. The lowest BCUT2D eigenvalue weighted by atomic mass is 9.56. The maximum absolute atomic E-state index is 13.5. The number of halogens is 3. The van der Waals surface area contributed by atoms with Gasteiger partial charge in [0.05, 0.1) is 12.1 Å². The lowest BCUT2D eigenvalue weighted by Crippen LogP contribution is -2.71. The first-order valence-electron chi connectivity index (χ1n) is 13.8. The molecule has 2 saturated heterocycles. The smallest absolute Gasteiger partial charge is 0.323 e. The molecule has 8 rings (SSSR count). The van der Waals surface area contributed by atoms with Gasteiger partial charge in [-0.2, -0.15) is 23.4 Å². The highest BCUT2D eigenvalue weighted by Crippen LogP contribution is 2.56. The minimum atomic E-state index is -4.40. The van der Waals surface area contributed by atoms with Gasteiger partial charge in [0.25, 0.3) is 0 Å². The summed E-state index contributed by atoms with van der Waals surface area (Å²) in [7, 11) is 0. The lowest BCUT2D eigenvalue weighted by Gasteiger charge is -2.63. The Balaban J connectivity index is 0.804. The van der Waals surface area contributed by atoms with Crippen molar-refractivity contribution in [2.45, 2.75) is 82.0 Å². The summed E-state index contributed by atoms with van der Waals surface area (Å²) in [4.78, 5) is 21.4. The van der Waals surface area contributed by atoms with Crippen LogP contribution >= 0.6 is 0 Å². The van der Waals surface area contributed by atoms with Gasteiger partial charge in [-0.05, 0) is 63.7 Å². The first-order chi connectivity index (χ1) is 17.7. The summed E-state index contributed by atoms with van der Waals surface area (Å²) in [6.07, 6.45) is 7.69. The molecular formula is C26H32F3N7O. The van der Waals surface area contributed by atoms with Gasteiger partial charge in [0.2, 0.25) is 0 Å². The summed E-state index contributed by atoms with van der Waals surface area (Å²) in [6.45, 7) is 3.13. The van der Waals surface area contributed by atoms with Crippen molar-refractivity contribution in [1.29, 1.82) is 0 Å². The van der Waals surface area contributed by atoms with Crippen molar-refractivity contribution in [3.63, 3.8) is 0 Å². The summed E-state index contributed by atoms with van der Waals surface area (Å²) in [5.74, 6) is 1.80. The molecule has 0 N–H and O–H groups in total. The second-order valence-corrected chi connectivity index (χ2v) is 13.1. The van der Waals surface area contributed by atoms with Crippen molar-refractivity contribution in [2.75, 3.05) is 26.2 Å². The van der Waals surface area contributed by atoms with Crippen LogP contribution < -0.4 is 0 Å². The molecule has 0 aromatic carbocycles.